The zero-order valence-electron chi connectivity index (χ0n) is 19.4. The lowest BCUT2D eigenvalue weighted by atomic mass is 10.1. The molecule has 0 atom stereocenters. The quantitative estimate of drug-likeness (QED) is 0.406. The molecule has 8 heteroatoms. The first-order chi connectivity index (χ1) is 14.9. The van der Waals surface area contributed by atoms with E-state index in [0.717, 1.165) is 46.3 Å². The molecule has 1 aromatic heterocycles. The van der Waals surface area contributed by atoms with Crippen LogP contribution >= 0.6 is 23.7 Å². The summed E-state index contributed by atoms with van der Waals surface area (Å²) in [6, 6.07) is 11.5. The van der Waals surface area contributed by atoms with Crippen LogP contribution in [0.1, 0.15) is 25.0 Å². The summed E-state index contributed by atoms with van der Waals surface area (Å²) in [7, 11) is 1.62. The average Bonchev–Trinajstić information content (AvgIpc) is 3.19. The number of halogens is 1. The van der Waals surface area contributed by atoms with Crippen molar-refractivity contribution in [3.63, 3.8) is 0 Å². The van der Waals surface area contributed by atoms with E-state index < -0.39 is 0 Å². The Labute approximate surface area is 200 Å². The van der Waals surface area contributed by atoms with Crippen LogP contribution in [-0.2, 0) is 4.79 Å². The van der Waals surface area contributed by atoms with Crippen LogP contribution in [0.3, 0.4) is 0 Å². The molecule has 0 aliphatic heterocycles. The SMILES string of the molecule is CCN(CC)CCN(C(=O)COc1ccc(OC)cc1)c1nc2c(C)cc(C)cc2s1.Cl. The molecule has 2 aromatic carbocycles. The van der Waals surface area contributed by atoms with Gasteiger partial charge in [0.1, 0.15) is 11.5 Å². The Bertz CT molecular complexity index is 1020. The number of hydrogen-bond acceptors (Lipinski definition) is 6. The van der Waals surface area contributed by atoms with Gasteiger partial charge >= 0.3 is 0 Å². The summed E-state index contributed by atoms with van der Waals surface area (Å²) in [6.07, 6.45) is 0. The average molecular weight is 478 g/mol. The monoisotopic (exact) mass is 477 g/mol. The third-order valence-corrected chi connectivity index (χ3v) is 6.33. The Balaban J connectivity index is 0.00000363. The van der Waals surface area contributed by atoms with Crippen LogP contribution in [0, 0.1) is 13.8 Å². The van der Waals surface area contributed by atoms with Gasteiger partial charge in [0, 0.05) is 13.1 Å². The van der Waals surface area contributed by atoms with E-state index >= 15 is 0 Å². The minimum atomic E-state index is -0.101. The molecule has 0 fully saturated rings. The van der Waals surface area contributed by atoms with Crippen molar-refractivity contribution < 1.29 is 14.3 Å². The number of methoxy groups -OCH3 is 1. The maximum Gasteiger partial charge on any atom is 0.266 e. The molecule has 3 rings (SSSR count). The van der Waals surface area contributed by atoms with Crippen LogP contribution in [0.25, 0.3) is 10.2 Å². The van der Waals surface area contributed by atoms with E-state index in [1.54, 1.807) is 35.5 Å². The number of carbonyl (C=O) groups excluding carboxylic acids is 1. The van der Waals surface area contributed by atoms with Crippen molar-refractivity contribution in [2.75, 3.05) is 44.8 Å². The number of nitrogens with zero attached hydrogens (tertiary/aromatic N) is 3. The standard InChI is InChI=1S/C24H31N3O3S.ClH/c1-6-26(7-2)12-13-27(22(28)16-30-20-10-8-19(29-5)9-11-20)24-25-23-18(4)14-17(3)15-21(23)31-24;/h8-11,14-15H,6-7,12-13,16H2,1-5H3;1H. The highest BCUT2D eigenvalue weighted by Gasteiger charge is 2.21. The Kier molecular flexibility index (Phi) is 9.75. The highest BCUT2D eigenvalue weighted by molar-refractivity contribution is 7.22. The van der Waals surface area contributed by atoms with Crippen molar-refractivity contribution in [3.05, 3.63) is 47.5 Å². The van der Waals surface area contributed by atoms with Gasteiger partial charge in [-0.15, -0.1) is 12.4 Å². The highest BCUT2D eigenvalue weighted by atomic mass is 35.5. The van der Waals surface area contributed by atoms with E-state index in [1.807, 2.05) is 12.1 Å². The molecule has 174 valence electrons. The molecule has 0 saturated heterocycles. The Morgan fingerprint density at radius 1 is 1.03 bits per heavy atom. The molecule has 1 heterocycles. The fraction of sp³-hybridized carbons (Fsp3) is 0.417. The van der Waals surface area contributed by atoms with Gasteiger partial charge in [0.25, 0.3) is 5.91 Å². The van der Waals surface area contributed by atoms with E-state index in [4.69, 9.17) is 14.5 Å². The molecule has 0 aliphatic rings. The number of aromatic nitrogens is 1. The van der Waals surface area contributed by atoms with Gasteiger partial charge in [0.05, 0.1) is 17.3 Å². The van der Waals surface area contributed by atoms with E-state index in [9.17, 15) is 4.79 Å². The third-order valence-electron chi connectivity index (χ3n) is 5.31. The van der Waals surface area contributed by atoms with Crippen molar-refractivity contribution in [2.24, 2.45) is 0 Å². The van der Waals surface area contributed by atoms with Crippen LogP contribution in [-0.4, -0.2) is 55.7 Å². The number of amides is 1. The fourth-order valence-corrected chi connectivity index (χ4v) is 4.66. The van der Waals surface area contributed by atoms with Crippen LogP contribution < -0.4 is 14.4 Å². The first-order valence-corrected chi connectivity index (χ1v) is 11.4. The normalized spacial score (nSPS) is 10.8. The van der Waals surface area contributed by atoms with Crippen molar-refractivity contribution in [1.29, 1.82) is 0 Å². The molecule has 32 heavy (non-hydrogen) atoms. The minimum Gasteiger partial charge on any atom is -0.497 e. The largest absolute Gasteiger partial charge is 0.497 e. The molecule has 6 nitrogen and oxygen atoms in total. The zero-order chi connectivity index (χ0) is 22.4. The van der Waals surface area contributed by atoms with Crippen molar-refractivity contribution in [1.82, 2.24) is 9.88 Å². The lowest BCUT2D eigenvalue weighted by Gasteiger charge is -2.24. The number of benzene rings is 2. The number of aryl methyl sites for hydroxylation is 2. The fourth-order valence-electron chi connectivity index (χ4n) is 3.48. The van der Waals surface area contributed by atoms with Crippen LogP contribution in [0.2, 0.25) is 0 Å². The second kappa shape index (κ2) is 12.0. The van der Waals surface area contributed by atoms with Gasteiger partial charge < -0.3 is 14.4 Å². The number of hydrogen-bond donors (Lipinski definition) is 0. The van der Waals surface area contributed by atoms with Gasteiger partial charge in [-0.2, -0.15) is 0 Å². The second-order valence-electron chi connectivity index (χ2n) is 7.46. The Morgan fingerprint density at radius 2 is 1.69 bits per heavy atom. The molecule has 0 aliphatic carbocycles. The highest BCUT2D eigenvalue weighted by Crippen LogP contribution is 2.32. The van der Waals surface area contributed by atoms with Gasteiger partial charge in [-0.05, 0) is 68.4 Å². The Hall–Kier alpha value is -2.35. The molecule has 0 unspecified atom stereocenters. The molecule has 0 spiro atoms. The summed E-state index contributed by atoms with van der Waals surface area (Å²) < 4.78 is 12.0. The Morgan fingerprint density at radius 3 is 2.31 bits per heavy atom. The summed E-state index contributed by atoms with van der Waals surface area (Å²) in [4.78, 5) is 22.1. The van der Waals surface area contributed by atoms with E-state index in [-0.39, 0.29) is 24.9 Å². The summed E-state index contributed by atoms with van der Waals surface area (Å²) in [5.74, 6) is 1.28. The second-order valence-corrected chi connectivity index (χ2v) is 8.47. The van der Waals surface area contributed by atoms with Gasteiger partial charge in [-0.1, -0.05) is 31.3 Å². The topological polar surface area (TPSA) is 54.9 Å². The number of rotatable bonds is 10. The molecule has 3 aromatic rings. The van der Waals surface area contributed by atoms with Crippen LogP contribution in [0.5, 0.6) is 11.5 Å². The number of likely N-dealkylation sites (N-methyl/N-ethyl adjacent to an activating group) is 1. The summed E-state index contributed by atoms with van der Waals surface area (Å²) in [5, 5.41) is 0.721. The van der Waals surface area contributed by atoms with E-state index in [1.165, 1.54) is 5.56 Å². The molecular formula is C24H32ClN3O3S. The first-order valence-electron chi connectivity index (χ1n) is 10.6. The van der Waals surface area contributed by atoms with Gasteiger partial charge in [0.2, 0.25) is 0 Å². The molecule has 0 radical (unpaired) electrons. The molecule has 0 bridgehead atoms. The predicted octanol–water partition coefficient (Wildman–Crippen LogP) is 5.10. The van der Waals surface area contributed by atoms with Gasteiger partial charge in [-0.3, -0.25) is 9.69 Å². The predicted molar refractivity (Wildman–Crippen MR) is 135 cm³/mol. The number of thiazole rings is 1. The number of ether oxygens (including phenoxy) is 2. The number of anilines is 1. The van der Waals surface area contributed by atoms with Crippen molar-refractivity contribution in [2.45, 2.75) is 27.7 Å². The lowest BCUT2D eigenvalue weighted by Crippen LogP contribution is -2.41. The van der Waals surface area contributed by atoms with E-state index in [0.29, 0.717) is 12.3 Å². The van der Waals surface area contributed by atoms with Crippen LogP contribution in [0.15, 0.2) is 36.4 Å². The first kappa shape index (κ1) is 25.9. The van der Waals surface area contributed by atoms with E-state index in [2.05, 4.69) is 44.7 Å². The zero-order valence-corrected chi connectivity index (χ0v) is 21.0. The summed E-state index contributed by atoms with van der Waals surface area (Å²) in [5.41, 5.74) is 3.29. The summed E-state index contributed by atoms with van der Waals surface area (Å²) in [6.45, 7) is 11.6. The van der Waals surface area contributed by atoms with Crippen molar-refractivity contribution in [3.8, 4) is 11.5 Å². The number of carbonyl (C=O) groups is 1. The lowest BCUT2D eigenvalue weighted by molar-refractivity contribution is -0.120. The maximum absolute atomic E-state index is 13.2. The summed E-state index contributed by atoms with van der Waals surface area (Å²) >= 11 is 1.56. The van der Waals surface area contributed by atoms with Gasteiger partial charge in [-0.25, -0.2) is 4.98 Å². The number of fused-ring (bicyclic) bond motifs is 1. The van der Waals surface area contributed by atoms with Gasteiger partial charge in [0.15, 0.2) is 11.7 Å². The third kappa shape index (κ3) is 6.34. The van der Waals surface area contributed by atoms with Crippen molar-refractivity contribution >= 4 is 45.0 Å². The smallest absolute Gasteiger partial charge is 0.266 e. The molecule has 1 amide bonds. The maximum atomic E-state index is 13.2. The minimum absolute atomic E-state index is 0. The van der Waals surface area contributed by atoms with Crippen LogP contribution in [0.4, 0.5) is 5.13 Å². The molecule has 0 saturated carbocycles. The molecule has 0 N–H and O–H groups in total. The molecular weight excluding hydrogens is 446 g/mol.